The van der Waals surface area contributed by atoms with Gasteiger partial charge in [-0.05, 0) is 6.42 Å². The lowest BCUT2D eigenvalue weighted by molar-refractivity contribution is -0.697. The van der Waals surface area contributed by atoms with Gasteiger partial charge in [0.1, 0.15) is 6.54 Å². The predicted octanol–water partition coefficient (Wildman–Crippen LogP) is 5.34. The highest BCUT2D eigenvalue weighted by Gasteiger charge is 1.98. The maximum absolute atomic E-state index is 8.44. The molecule has 0 aromatic carbocycles. The monoisotopic (exact) mass is 365 g/mol. The number of rotatable bonds is 15. The van der Waals surface area contributed by atoms with Gasteiger partial charge in [0.15, 0.2) is 12.4 Å². The zero-order valence-corrected chi connectivity index (χ0v) is 16.7. The Morgan fingerprint density at radius 2 is 1.08 bits per heavy atom. The van der Waals surface area contributed by atoms with Crippen molar-refractivity contribution in [3.63, 3.8) is 0 Å². The molecule has 0 radical (unpaired) electrons. The number of carboxylic acid groups (broad SMARTS) is 2. The molecule has 0 spiro atoms. The van der Waals surface area contributed by atoms with Crippen molar-refractivity contribution < 1.29 is 19.6 Å². The van der Waals surface area contributed by atoms with Crippen molar-refractivity contribution in [2.75, 3.05) is 0 Å². The summed E-state index contributed by atoms with van der Waals surface area (Å²) in [6.45, 7) is 3.47. The van der Waals surface area contributed by atoms with Crippen molar-refractivity contribution in [1.29, 1.82) is 0 Å². The van der Waals surface area contributed by atoms with E-state index >= 15 is 0 Å². The van der Waals surface area contributed by atoms with Crippen LogP contribution in [-0.4, -0.2) is 11.3 Å². The molecule has 0 saturated carbocycles. The summed E-state index contributed by atoms with van der Waals surface area (Å²) in [5.74, 6) is 0. The minimum atomic E-state index is -2.08. The van der Waals surface area contributed by atoms with E-state index in [0.717, 1.165) is 0 Å². The number of pyridine rings is 1. The first kappa shape index (κ1) is 24.4. The highest BCUT2D eigenvalue weighted by atomic mass is 16.6. The van der Waals surface area contributed by atoms with Crippen LogP contribution in [0.5, 0.6) is 0 Å². The van der Waals surface area contributed by atoms with E-state index in [2.05, 4.69) is 42.1 Å². The molecular formula is C22H39NO3. The third kappa shape index (κ3) is 20.5. The molecular weight excluding hydrogens is 326 g/mol. The second-order valence-corrected chi connectivity index (χ2v) is 6.98. The third-order valence-electron chi connectivity index (χ3n) is 4.55. The fourth-order valence-electron chi connectivity index (χ4n) is 3.07. The third-order valence-corrected chi connectivity index (χ3v) is 4.55. The molecule has 0 atom stereocenters. The largest absolute Gasteiger partial charge is 0.565 e. The fraction of sp³-hybridized carbons (Fsp3) is 0.727. The number of aryl methyl sites for hydroxylation is 1. The molecule has 0 bridgehead atoms. The summed E-state index contributed by atoms with van der Waals surface area (Å²) in [7, 11) is 0. The quantitative estimate of drug-likeness (QED) is 0.337. The number of carbonyl (C=O) groups is 1. The minimum absolute atomic E-state index is 1.18. The molecule has 150 valence electrons. The molecule has 4 heteroatoms. The molecule has 0 aliphatic heterocycles. The van der Waals surface area contributed by atoms with E-state index in [-0.39, 0.29) is 0 Å². The maximum Gasteiger partial charge on any atom is 0.249 e. The highest BCUT2D eigenvalue weighted by Crippen LogP contribution is 2.12. The van der Waals surface area contributed by atoms with Crippen LogP contribution in [0.3, 0.4) is 0 Å². The van der Waals surface area contributed by atoms with Gasteiger partial charge in [-0.25, -0.2) is 4.57 Å². The van der Waals surface area contributed by atoms with Crippen LogP contribution in [0, 0.1) is 0 Å². The van der Waals surface area contributed by atoms with Crippen LogP contribution in [0.1, 0.15) is 96.8 Å². The van der Waals surface area contributed by atoms with Crippen molar-refractivity contribution in [2.45, 2.75) is 103 Å². The topological polar surface area (TPSA) is 64.2 Å². The van der Waals surface area contributed by atoms with Crippen molar-refractivity contribution in [3.05, 3.63) is 30.6 Å². The molecule has 26 heavy (non-hydrogen) atoms. The first-order chi connectivity index (χ1) is 12.7. The average molecular weight is 366 g/mol. The Bertz CT molecular complexity index is 405. The number of hydrogen-bond donors (Lipinski definition) is 1. The first-order valence-electron chi connectivity index (χ1n) is 10.5. The Morgan fingerprint density at radius 1 is 0.731 bits per heavy atom. The second kappa shape index (κ2) is 19.7. The lowest BCUT2D eigenvalue weighted by Crippen LogP contribution is -2.32. The second-order valence-electron chi connectivity index (χ2n) is 6.98. The Kier molecular flexibility index (Phi) is 18.5. The molecule has 1 N–H and O–H groups in total. The van der Waals surface area contributed by atoms with Gasteiger partial charge >= 0.3 is 0 Å². The summed E-state index contributed by atoms with van der Waals surface area (Å²) in [6.07, 6.45) is 22.3. The molecule has 0 amide bonds. The summed E-state index contributed by atoms with van der Waals surface area (Å²) >= 11 is 0. The van der Waals surface area contributed by atoms with E-state index in [1.807, 2.05) is 0 Å². The number of hydrogen-bond acceptors (Lipinski definition) is 2. The molecule has 0 aliphatic carbocycles. The van der Waals surface area contributed by atoms with Crippen molar-refractivity contribution in [2.24, 2.45) is 0 Å². The van der Waals surface area contributed by atoms with E-state index < -0.39 is 6.16 Å². The van der Waals surface area contributed by atoms with Crippen LogP contribution in [0.15, 0.2) is 30.6 Å². The Labute approximate surface area is 160 Å². The lowest BCUT2D eigenvalue weighted by Gasteiger charge is -2.02. The fourth-order valence-corrected chi connectivity index (χ4v) is 3.07. The first-order valence-corrected chi connectivity index (χ1v) is 10.5. The van der Waals surface area contributed by atoms with Gasteiger partial charge in [-0.1, -0.05) is 90.0 Å². The molecule has 1 aromatic heterocycles. The molecule has 0 fully saturated rings. The van der Waals surface area contributed by atoms with Crippen LogP contribution < -0.4 is 9.67 Å². The van der Waals surface area contributed by atoms with Crippen LogP contribution in [0.2, 0.25) is 0 Å². The van der Waals surface area contributed by atoms with Crippen LogP contribution in [-0.2, 0) is 6.54 Å². The van der Waals surface area contributed by atoms with Gasteiger partial charge in [0.2, 0.25) is 6.16 Å². The van der Waals surface area contributed by atoms with Gasteiger partial charge < -0.3 is 15.0 Å². The molecule has 1 aromatic rings. The van der Waals surface area contributed by atoms with Crippen LogP contribution in [0.4, 0.5) is 4.79 Å². The van der Waals surface area contributed by atoms with Gasteiger partial charge in [-0.3, -0.25) is 0 Å². The highest BCUT2D eigenvalue weighted by molar-refractivity contribution is 5.50. The summed E-state index contributed by atoms with van der Waals surface area (Å²) in [6, 6.07) is 6.31. The molecule has 4 nitrogen and oxygen atoms in total. The number of nitrogens with zero attached hydrogens (tertiary/aromatic N) is 1. The molecule has 1 rings (SSSR count). The average Bonchev–Trinajstić information content (AvgIpc) is 2.62. The summed E-state index contributed by atoms with van der Waals surface area (Å²) in [5.41, 5.74) is 0. The van der Waals surface area contributed by atoms with Gasteiger partial charge in [0, 0.05) is 18.6 Å². The van der Waals surface area contributed by atoms with Crippen molar-refractivity contribution >= 4 is 6.16 Å². The Hall–Kier alpha value is -1.58. The van der Waals surface area contributed by atoms with Crippen molar-refractivity contribution in [1.82, 2.24) is 0 Å². The minimum Gasteiger partial charge on any atom is -0.565 e. The standard InChI is InChI=1S/C21H38N.CH2O3/c1-2-3-4-5-6-7-8-9-10-11-12-13-14-16-19-22-20-17-15-18-21-22;2-1(3)4/h15,17-18,20-21H,2-14,16,19H2,1H3;(H2,2,3,4)/q+1;/p-1. The normalized spacial score (nSPS) is 10.2. The van der Waals surface area contributed by atoms with E-state index in [1.54, 1.807) is 0 Å². The zero-order chi connectivity index (χ0) is 19.3. The van der Waals surface area contributed by atoms with E-state index in [9.17, 15) is 0 Å². The molecule has 0 aliphatic rings. The Balaban J connectivity index is 0.00000141. The van der Waals surface area contributed by atoms with Gasteiger partial charge in [-0.15, -0.1) is 0 Å². The predicted molar refractivity (Wildman–Crippen MR) is 105 cm³/mol. The van der Waals surface area contributed by atoms with Gasteiger partial charge in [-0.2, -0.15) is 0 Å². The van der Waals surface area contributed by atoms with Crippen LogP contribution >= 0.6 is 0 Å². The van der Waals surface area contributed by atoms with E-state index in [0.29, 0.717) is 0 Å². The summed E-state index contributed by atoms with van der Waals surface area (Å²) < 4.78 is 2.29. The smallest absolute Gasteiger partial charge is 0.249 e. The van der Waals surface area contributed by atoms with Crippen molar-refractivity contribution in [3.8, 4) is 0 Å². The lowest BCUT2D eigenvalue weighted by atomic mass is 10.0. The van der Waals surface area contributed by atoms with E-state index in [4.69, 9.17) is 15.0 Å². The number of aromatic nitrogens is 1. The van der Waals surface area contributed by atoms with E-state index in [1.165, 1.54) is 96.4 Å². The molecule has 0 unspecified atom stereocenters. The number of unbranched alkanes of at least 4 members (excludes halogenated alkanes) is 13. The van der Waals surface area contributed by atoms with Gasteiger partial charge in [0.05, 0.1) is 0 Å². The zero-order valence-electron chi connectivity index (χ0n) is 16.7. The maximum atomic E-state index is 8.44. The Morgan fingerprint density at radius 3 is 1.46 bits per heavy atom. The molecule has 0 saturated heterocycles. The molecule has 1 heterocycles. The van der Waals surface area contributed by atoms with Crippen LogP contribution in [0.25, 0.3) is 0 Å². The van der Waals surface area contributed by atoms with Gasteiger partial charge in [0.25, 0.3) is 0 Å². The summed E-state index contributed by atoms with van der Waals surface area (Å²) in [5, 5.41) is 15.3. The summed E-state index contributed by atoms with van der Waals surface area (Å²) in [4.78, 5) is 8.44. The SMILES string of the molecule is CCCCCCCCCCCCCCCC[n+]1ccccc1.O=C([O-])O.